The Bertz CT molecular complexity index is 1370. The molecule has 0 aliphatic carbocycles. The summed E-state index contributed by atoms with van der Waals surface area (Å²) in [6, 6.07) is 19.9. The van der Waals surface area contributed by atoms with Gasteiger partial charge in [-0.3, -0.25) is 9.52 Å². The molecule has 0 aliphatic heterocycles. The van der Waals surface area contributed by atoms with E-state index in [4.69, 9.17) is 4.74 Å². The summed E-state index contributed by atoms with van der Waals surface area (Å²) in [7, 11) is -2.60. The van der Waals surface area contributed by atoms with Crippen molar-refractivity contribution in [3.05, 3.63) is 103 Å². The fraction of sp³-hybridized carbons (Fsp3) is 0.0417. The van der Waals surface area contributed by atoms with Crippen LogP contribution in [0.3, 0.4) is 0 Å². The van der Waals surface area contributed by atoms with Gasteiger partial charge < -0.3 is 14.6 Å². The summed E-state index contributed by atoms with van der Waals surface area (Å²) in [5, 5.41) is 2.75. The lowest BCUT2D eigenvalue weighted by atomic mass is 10.2. The third-order valence-electron chi connectivity index (χ3n) is 4.86. The lowest BCUT2D eigenvalue weighted by molar-refractivity contribution is 0.102. The first-order valence-electron chi connectivity index (χ1n) is 9.87. The number of nitrogens with one attached hydrogen (secondary N) is 2. The molecule has 0 unspecified atom stereocenters. The van der Waals surface area contributed by atoms with E-state index in [0.29, 0.717) is 11.3 Å². The topological polar surface area (TPSA) is 89.4 Å². The third-order valence-corrected chi connectivity index (χ3v) is 6.24. The van der Waals surface area contributed by atoms with E-state index in [0.717, 1.165) is 30.0 Å². The minimum absolute atomic E-state index is 0.108. The molecular weight excluding hydrogens is 445 g/mol. The molecule has 168 valence electrons. The Labute approximate surface area is 190 Å². The van der Waals surface area contributed by atoms with Crippen LogP contribution in [0.15, 0.2) is 96.2 Å². The van der Waals surface area contributed by atoms with E-state index in [1.54, 1.807) is 18.2 Å². The SMILES string of the molecule is COc1ccc(NC(=O)c2ccc(-n3cccc3)cc2)cc1NS(=O)(=O)c1ccc(F)cc1. The van der Waals surface area contributed by atoms with Crippen LogP contribution < -0.4 is 14.8 Å². The maximum Gasteiger partial charge on any atom is 0.262 e. The normalized spacial score (nSPS) is 11.1. The second-order valence-electron chi connectivity index (χ2n) is 7.07. The summed E-state index contributed by atoms with van der Waals surface area (Å²) < 4.78 is 48.1. The van der Waals surface area contributed by atoms with Crippen molar-refractivity contribution in [1.82, 2.24) is 4.57 Å². The predicted molar refractivity (Wildman–Crippen MR) is 124 cm³/mol. The molecule has 0 radical (unpaired) electrons. The molecule has 4 aromatic rings. The van der Waals surface area contributed by atoms with Crippen molar-refractivity contribution in [2.75, 3.05) is 17.1 Å². The number of benzene rings is 3. The van der Waals surface area contributed by atoms with Crippen LogP contribution in [0.2, 0.25) is 0 Å². The first-order chi connectivity index (χ1) is 15.9. The summed E-state index contributed by atoms with van der Waals surface area (Å²) in [5.41, 5.74) is 1.85. The molecule has 0 atom stereocenters. The number of halogens is 1. The molecule has 1 amide bonds. The van der Waals surface area contributed by atoms with Crippen molar-refractivity contribution in [1.29, 1.82) is 0 Å². The molecule has 7 nitrogen and oxygen atoms in total. The van der Waals surface area contributed by atoms with E-state index in [1.165, 1.54) is 19.2 Å². The molecule has 0 spiro atoms. The zero-order valence-electron chi connectivity index (χ0n) is 17.5. The van der Waals surface area contributed by atoms with Gasteiger partial charge in [-0.1, -0.05) is 0 Å². The van der Waals surface area contributed by atoms with E-state index in [9.17, 15) is 17.6 Å². The van der Waals surface area contributed by atoms with Crippen LogP contribution in [-0.4, -0.2) is 26.0 Å². The Morgan fingerprint density at radius 3 is 2.24 bits per heavy atom. The highest BCUT2D eigenvalue weighted by Crippen LogP contribution is 2.30. The summed E-state index contributed by atoms with van der Waals surface area (Å²) >= 11 is 0. The van der Waals surface area contributed by atoms with E-state index >= 15 is 0 Å². The number of hydrogen-bond donors (Lipinski definition) is 2. The molecule has 0 bridgehead atoms. The van der Waals surface area contributed by atoms with Crippen LogP contribution in [0.25, 0.3) is 5.69 Å². The van der Waals surface area contributed by atoms with Gasteiger partial charge in [-0.25, -0.2) is 12.8 Å². The largest absolute Gasteiger partial charge is 0.495 e. The Morgan fingerprint density at radius 2 is 1.61 bits per heavy atom. The highest BCUT2D eigenvalue weighted by atomic mass is 32.2. The number of amides is 1. The Hall–Kier alpha value is -4.11. The minimum atomic E-state index is -4.00. The quantitative estimate of drug-likeness (QED) is 0.415. The molecule has 1 aromatic heterocycles. The monoisotopic (exact) mass is 465 g/mol. The van der Waals surface area contributed by atoms with Crippen LogP contribution in [0, 0.1) is 5.82 Å². The predicted octanol–water partition coefficient (Wildman–Crippen LogP) is 4.68. The molecule has 9 heteroatoms. The van der Waals surface area contributed by atoms with Gasteiger partial charge in [-0.15, -0.1) is 0 Å². The van der Waals surface area contributed by atoms with Crippen molar-refractivity contribution in [2.24, 2.45) is 0 Å². The number of hydrogen-bond acceptors (Lipinski definition) is 4. The van der Waals surface area contributed by atoms with Crippen LogP contribution in [0.5, 0.6) is 5.75 Å². The van der Waals surface area contributed by atoms with E-state index in [-0.39, 0.29) is 22.2 Å². The van der Waals surface area contributed by atoms with Crippen LogP contribution >= 0.6 is 0 Å². The van der Waals surface area contributed by atoms with Gasteiger partial charge in [0.05, 0.1) is 17.7 Å². The number of ether oxygens (including phenoxy) is 1. The number of methoxy groups -OCH3 is 1. The number of aromatic nitrogens is 1. The summed E-state index contributed by atoms with van der Waals surface area (Å²) in [5.74, 6) is -0.640. The molecule has 2 N–H and O–H groups in total. The second-order valence-corrected chi connectivity index (χ2v) is 8.75. The fourth-order valence-corrected chi connectivity index (χ4v) is 4.24. The molecule has 0 aliphatic rings. The summed E-state index contributed by atoms with van der Waals surface area (Å²) in [6.07, 6.45) is 3.81. The number of rotatable bonds is 7. The summed E-state index contributed by atoms with van der Waals surface area (Å²) in [6.45, 7) is 0. The van der Waals surface area contributed by atoms with Crippen LogP contribution in [0.1, 0.15) is 10.4 Å². The maximum absolute atomic E-state index is 13.2. The van der Waals surface area contributed by atoms with E-state index in [2.05, 4.69) is 10.0 Å². The Balaban J connectivity index is 1.53. The summed E-state index contributed by atoms with van der Waals surface area (Å²) in [4.78, 5) is 12.6. The van der Waals surface area contributed by atoms with Gasteiger partial charge in [-0.05, 0) is 78.9 Å². The smallest absolute Gasteiger partial charge is 0.262 e. The highest BCUT2D eigenvalue weighted by molar-refractivity contribution is 7.92. The maximum atomic E-state index is 13.2. The average molecular weight is 466 g/mol. The first-order valence-corrected chi connectivity index (χ1v) is 11.4. The number of nitrogens with zero attached hydrogens (tertiary/aromatic N) is 1. The van der Waals surface area contributed by atoms with Gasteiger partial charge in [0.25, 0.3) is 15.9 Å². The van der Waals surface area contributed by atoms with Crippen molar-refractivity contribution >= 4 is 27.3 Å². The molecule has 0 saturated carbocycles. The number of carbonyl (C=O) groups is 1. The lowest BCUT2D eigenvalue weighted by Crippen LogP contribution is -2.15. The first kappa shape index (κ1) is 22.1. The van der Waals surface area contributed by atoms with Crippen LogP contribution in [-0.2, 0) is 10.0 Å². The number of anilines is 2. The fourth-order valence-electron chi connectivity index (χ4n) is 3.18. The van der Waals surface area contributed by atoms with E-state index in [1.807, 2.05) is 41.2 Å². The molecule has 4 rings (SSSR count). The van der Waals surface area contributed by atoms with Crippen LogP contribution in [0.4, 0.5) is 15.8 Å². The highest BCUT2D eigenvalue weighted by Gasteiger charge is 2.18. The molecule has 0 fully saturated rings. The third kappa shape index (κ3) is 5.04. The molecule has 1 heterocycles. The van der Waals surface area contributed by atoms with E-state index < -0.39 is 15.8 Å². The van der Waals surface area contributed by atoms with Gasteiger partial charge >= 0.3 is 0 Å². The lowest BCUT2D eigenvalue weighted by Gasteiger charge is -2.14. The van der Waals surface area contributed by atoms with Gasteiger partial charge in [0.2, 0.25) is 0 Å². The zero-order chi connectivity index (χ0) is 23.4. The molecule has 3 aromatic carbocycles. The molecular formula is C24H20FN3O4S. The zero-order valence-corrected chi connectivity index (χ0v) is 18.3. The van der Waals surface area contributed by atoms with Crippen molar-refractivity contribution in [3.8, 4) is 11.4 Å². The standard InChI is InChI=1S/C24H20FN3O4S/c1-32-23-13-8-19(16-22(23)27-33(30,31)21-11-6-18(25)7-12-21)26-24(29)17-4-9-20(10-5-17)28-14-2-3-15-28/h2-16,27H,1H3,(H,26,29). The van der Waals surface area contributed by atoms with Gasteiger partial charge in [0.15, 0.2) is 0 Å². The van der Waals surface area contributed by atoms with Crippen molar-refractivity contribution < 1.29 is 22.3 Å². The average Bonchev–Trinajstić information content (AvgIpc) is 3.34. The number of carbonyl (C=O) groups excluding carboxylic acids is 1. The second kappa shape index (κ2) is 9.17. The van der Waals surface area contributed by atoms with Gasteiger partial charge in [0.1, 0.15) is 11.6 Å². The van der Waals surface area contributed by atoms with Crippen molar-refractivity contribution in [2.45, 2.75) is 4.90 Å². The van der Waals surface area contributed by atoms with Gasteiger partial charge in [-0.2, -0.15) is 0 Å². The molecule has 0 saturated heterocycles. The van der Waals surface area contributed by atoms with Gasteiger partial charge in [0, 0.05) is 29.3 Å². The molecule has 33 heavy (non-hydrogen) atoms. The number of sulfonamides is 1. The minimum Gasteiger partial charge on any atom is -0.495 e. The Kier molecular flexibility index (Phi) is 6.14. The Morgan fingerprint density at radius 1 is 0.939 bits per heavy atom. The van der Waals surface area contributed by atoms with Crippen molar-refractivity contribution in [3.63, 3.8) is 0 Å².